The van der Waals surface area contributed by atoms with E-state index in [0.29, 0.717) is 0 Å². The van der Waals surface area contributed by atoms with Crippen LogP contribution >= 0.6 is 11.6 Å². The molecule has 0 unspecified atom stereocenters. The predicted molar refractivity (Wildman–Crippen MR) is 82.3 cm³/mol. The average molecular weight is 351 g/mol. The molecule has 0 aliphatic rings. The fraction of sp³-hybridized carbons (Fsp3) is 0.467. The van der Waals surface area contributed by atoms with Gasteiger partial charge in [0.2, 0.25) is 11.8 Å². The van der Waals surface area contributed by atoms with Crippen molar-refractivity contribution in [2.45, 2.75) is 26.9 Å². The van der Waals surface area contributed by atoms with Crippen LogP contribution in [0.2, 0.25) is 5.02 Å². The summed E-state index contributed by atoms with van der Waals surface area (Å²) in [4.78, 5) is 24.3. The summed E-state index contributed by atoms with van der Waals surface area (Å²) in [7, 11) is 0. The Morgan fingerprint density at radius 1 is 1.30 bits per heavy atom. The molecule has 23 heavy (non-hydrogen) atoms. The SMILES string of the molecule is CC(=O)N(CCNC(=O)C(C)C)c1ccc(Cl)c(C(F)(F)F)c1. The van der Waals surface area contributed by atoms with Crippen molar-refractivity contribution in [3.8, 4) is 0 Å². The fourth-order valence-corrected chi connectivity index (χ4v) is 2.09. The van der Waals surface area contributed by atoms with Crippen LogP contribution < -0.4 is 10.2 Å². The van der Waals surface area contributed by atoms with Crippen LogP contribution in [0.4, 0.5) is 18.9 Å². The molecule has 0 radical (unpaired) electrons. The van der Waals surface area contributed by atoms with Crippen LogP contribution in [0.1, 0.15) is 26.3 Å². The molecular weight excluding hydrogens is 333 g/mol. The van der Waals surface area contributed by atoms with Gasteiger partial charge in [0.25, 0.3) is 0 Å². The number of carbonyl (C=O) groups excluding carboxylic acids is 2. The number of benzene rings is 1. The van der Waals surface area contributed by atoms with E-state index in [4.69, 9.17) is 11.6 Å². The molecular formula is C15H18ClF3N2O2. The largest absolute Gasteiger partial charge is 0.417 e. The highest BCUT2D eigenvalue weighted by Gasteiger charge is 2.34. The smallest absolute Gasteiger partial charge is 0.354 e. The monoisotopic (exact) mass is 350 g/mol. The number of rotatable bonds is 5. The first kappa shape index (κ1) is 19.3. The molecule has 0 bridgehead atoms. The summed E-state index contributed by atoms with van der Waals surface area (Å²) in [5.41, 5.74) is -0.929. The average Bonchev–Trinajstić information content (AvgIpc) is 2.42. The Hall–Kier alpha value is -1.76. The number of nitrogens with one attached hydrogen (secondary N) is 1. The molecule has 0 spiro atoms. The summed E-state index contributed by atoms with van der Waals surface area (Å²) in [5, 5.41) is 2.18. The number of anilines is 1. The van der Waals surface area contributed by atoms with Crippen LogP contribution in [-0.2, 0) is 15.8 Å². The predicted octanol–water partition coefficient (Wildman–Crippen LogP) is 3.48. The summed E-state index contributed by atoms with van der Waals surface area (Å²) in [6, 6.07) is 3.26. The lowest BCUT2D eigenvalue weighted by Crippen LogP contribution is -2.38. The Labute approximate surface area is 137 Å². The van der Waals surface area contributed by atoms with Crippen molar-refractivity contribution < 1.29 is 22.8 Å². The molecule has 0 aliphatic carbocycles. The highest BCUT2D eigenvalue weighted by molar-refractivity contribution is 6.31. The molecule has 1 N–H and O–H groups in total. The van der Waals surface area contributed by atoms with E-state index < -0.39 is 22.7 Å². The third-order valence-corrected chi connectivity index (χ3v) is 3.44. The van der Waals surface area contributed by atoms with Gasteiger partial charge in [-0.15, -0.1) is 0 Å². The quantitative estimate of drug-likeness (QED) is 0.883. The normalized spacial score (nSPS) is 11.5. The lowest BCUT2D eigenvalue weighted by Gasteiger charge is -2.23. The first-order valence-corrected chi connectivity index (χ1v) is 7.34. The van der Waals surface area contributed by atoms with E-state index in [1.165, 1.54) is 13.0 Å². The van der Waals surface area contributed by atoms with E-state index in [1.807, 2.05) is 0 Å². The summed E-state index contributed by atoms with van der Waals surface area (Å²) in [6.07, 6.45) is -4.61. The van der Waals surface area contributed by atoms with Gasteiger partial charge in [-0.05, 0) is 18.2 Å². The Bertz CT molecular complexity index is 589. The van der Waals surface area contributed by atoms with Gasteiger partial charge in [-0.2, -0.15) is 13.2 Å². The molecule has 4 nitrogen and oxygen atoms in total. The van der Waals surface area contributed by atoms with E-state index in [2.05, 4.69) is 5.32 Å². The summed E-state index contributed by atoms with van der Waals surface area (Å²) >= 11 is 5.57. The van der Waals surface area contributed by atoms with Crippen LogP contribution in [0, 0.1) is 5.92 Å². The Morgan fingerprint density at radius 2 is 1.91 bits per heavy atom. The zero-order valence-electron chi connectivity index (χ0n) is 13.0. The van der Waals surface area contributed by atoms with Crippen molar-refractivity contribution in [3.63, 3.8) is 0 Å². The highest BCUT2D eigenvalue weighted by Crippen LogP contribution is 2.36. The second-order valence-electron chi connectivity index (χ2n) is 5.28. The maximum Gasteiger partial charge on any atom is 0.417 e. The lowest BCUT2D eigenvalue weighted by molar-refractivity contribution is -0.137. The van der Waals surface area contributed by atoms with Crippen molar-refractivity contribution >= 4 is 29.1 Å². The van der Waals surface area contributed by atoms with Crippen LogP contribution in [0.15, 0.2) is 18.2 Å². The molecule has 0 atom stereocenters. The van der Waals surface area contributed by atoms with Gasteiger partial charge < -0.3 is 10.2 Å². The van der Waals surface area contributed by atoms with Crippen LogP contribution in [-0.4, -0.2) is 24.9 Å². The van der Waals surface area contributed by atoms with Gasteiger partial charge in [-0.1, -0.05) is 25.4 Å². The molecule has 0 fully saturated rings. The second kappa shape index (κ2) is 7.68. The fourth-order valence-electron chi connectivity index (χ4n) is 1.86. The van der Waals surface area contributed by atoms with Crippen LogP contribution in [0.25, 0.3) is 0 Å². The minimum absolute atomic E-state index is 0.0622. The van der Waals surface area contributed by atoms with E-state index in [-0.39, 0.29) is 30.6 Å². The molecule has 0 saturated heterocycles. The molecule has 2 amide bonds. The molecule has 8 heteroatoms. The van der Waals surface area contributed by atoms with E-state index >= 15 is 0 Å². The van der Waals surface area contributed by atoms with Crippen molar-refractivity contribution in [2.24, 2.45) is 5.92 Å². The van der Waals surface area contributed by atoms with E-state index in [9.17, 15) is 22.8 Å². The zero-order chi connectivity index (χ0) is 17.8. The van der Waals surface area contributed by atoms with Gasteiger partial charge in [0.15, 0.2) is 0 Å². The number of alkyl halides is 3. The summed E-state index contributed by atoms with van der Waals surface area (Å²) < 4.78 is 38.7. The first-order valence-electron chi connectivity index (χ1n) is 6.96. The maximum atomic E-state index is 12.9. The standard InChI is InChI=1S/C15H18ClF3N2O2/c1-9(2)14(23)20-6-7-21(10(3)22)11-4-5-13(16)12(8-11)15(17,18)19/h4-5,8-9H,6-7H2,1-3H3,(H,20,23). The Morgan fingerprint density at radius 3 is 2.39 bits per heavy atom. The molecule has 1 aromatic rings. The number of hydrogen-bond donors (Lipinski definition) is 1. The molecule has 1 rings (SSSR count). The van der Waals surface area contributed by atoms with Gasteiger partial charge in [0.1, 0.15) is 0 Å². The molecule has 1 aromatic carbocycles. The van der Waals surface area contributed by atoms with Crippen LogP contribution in [0.3, 0.4) is 0 Å². The Balaban J connectivity index is 2.94. The van der Waals surface area contributed by atoms with Crippen molar-refractivity contribution in [3.05, 3.63) is 28.8 Å². The maximum absolute atomic E-state index is 12.9. The van der Waals surface area contributed by atoms with Gasteiger partial charge in [-0.3, -0.25) is 9.59 Å². The minimum atomic E-state index is -4.61. The van der Waals surface area contributed by atoms with E-state index in [1.54, 1.807) is 13.8 Å². The van der Waals surface area contributed by atoms with Gasteiger partial charge >= 0.3 is 6.18 Å². The molecule has 128 valence electrons. The van der Waals surface area contributed by atoms with E-state index in [0.717, 1.165) is 17.0 Å². The third kappa shape index (κ3) is 5.42. The van der Waals surface area contributed by atoms with Crippen molar-refractivity contribution in [2.75, 3.05) is 18.0 Å². The van der Waals surface area contributed by atoms with Gasteiger partial charge in [0.05, 0.1) is 10.6 Å². The highest BCUT2D eigenvalue weighted by atomic mass is 35.5. The number of hydrogen-bond acceptors (Lipinski definition) is 2. The number of carbonyl (C=O) groups is 2. The number of amides is 2. The van der Waals surface area contributed by atoms with Crippen LogP contribution in [0.5, 0.6) is 0 Å². The summed E-state index contributed by atoms with van der Waals surface area (Å²) in [6.45, 7) is 4.87. The van der Waals surface area contributed by atoms with Gasteiger partial charge in [-0.25, -0.2) is 0 Å². The summed E-state index contributed by atoms with van der Waals surface area (Å²) in [5.74, 6) is -0.840. The number of halogens is 4. The zero-order valence-corrected chi connectivity index (χ0v) is 13.8. The molecule has 0 heterocycles. The minimum Gasteiger partial charge on any atom is -0.354 e. The number of nitrogens with zero attached hydrogens (tertiary/aromatic N) is 1. The molecule has 0 aliphatic heterocycles. The molecule has 0 saturated carbocycles. The lowest BCUT2D eigenvalue weighted by atomic mass is 10.1. The topological polar surface area (TPSA) is 49.4 Å². The second-order valence-corrected chi connectivity index (χ2v) is 5.69. The van der Waals surface area contributed by atoms with Gasteiger partial charge in [0, 0.05) is 31.6 Å². The third-order valence-electron chi connectivity index (χ3n) is 3.11. The molecule has 0 aromatic heterocycles. The van der Waals surface area contributed by atoms with Crippen molar-refractivity contribution in [1.82, 2.24) is 5.32 Å². The van der Waals surface area contributed by atoms with Crippen molar-refractivity contribution in [1.29, 1.82) is 0 Å². The first-order chi connectivity index (χ1) is 10.5. The Kier molecular flexibility index (Phi) is 6.44.